The van der Waals surface area contributed by atoms with E-state index in [4.69, 9.17) is 14.5 Å². The number of hydrogen-bond donors (Lipinski definition) is 0. The molecule has 7 heteroatoms. The lowest BCUT2D eigenvalue weighted by molar-refractivity contribution is 0.0337. The first-order valence-corrected chi connectivity index (χ1v) is 12.4. The van der Waals surface area contributed by atoms with Crippen molar-refractivity contribution in [3.05, 3.63) is 65.7 Å². The summed E-state index contributed by atoms with van der Waals surface area (Å²) in [6.45, 7) is 10.5. The lowest BCUT2D eigenvalue weighted by Gasteiger charge is -2.32. The van der Waals surface area contributed by atoms with Crippen LogP contribution in [0.5, 0.6) is 5.75 Å². The molecule has 3 aliphatic heterocycles. The molecule has 0 radical (unpaired) electrons. The van der Waals surface area contributed by atoms with Crippen LogP contribution in [0.2, 0.25) is 0 Å². The maximum atomic E-state index is 6.12. The molecule has 0 aliphatic carbocycles. The van der Waals surface area contributed by atoms with Crippen molar-refractivity contribution in [2.24, 2.45) is 0 Å². The van der Waals surface area contributed by atoms with Crippen LogP contribution in [0.15, 0.2) is 48.7 Å². The summed E-state index contributed by atoms with van der Waals surface area (Å²) in [6.07, 6.45) is 2.17. The van der Waals surface area contributed by atoms with Gasteiger partial charge in [-0.25, -0.2) is 4.98 Å². The quantitative estimate of drug-likeness (QED) is 0.585. The Balaban J connectivity index is 1.16. The lowest BCUT2D eigenvalue weighted by atomic mass is 10.0. The van der Waals surface area contributed by atoms with E-state index in [9.17, 15) is 0 Å². The topological polar surface area (TPSA) is 46.0 Å². The Bertz CT molecular complexity index is 1130. The second-order valence-electron chi connectivity index (χ2n) is 9.65. The zero-order valence-corrected chi connectivity index (χ0v) is 19.9. The van der Waals surface area contributed by atoms with Crippen LogP contribution in [-0.4, -0.2) is 83.8 Å². The van der Waals surface area contributed by atoms with Gasteiger partial charge in [0.1, 0.15) is 12.4 Å². The average molecular weight is 460 g/mol. The minimum atomic E-state index is 0.503. The monoisotopic (exact) mass is 459 g/mol. The Labute approximate surface area is 201 Å². The number of nitrogens with zero attached hydrogens (tertiary/aromatic N) is 5. The number of fused-ring (bicyclic) bond motifs is 3. The van der Waals surface area contributed by atoms with Crippen molar-refractivity contribution in [2.75, 3.05) is 59.5 Å². The van der Waals surface area contributed by atoms with Crippen LogP contribution in [0, 0.1) is 0 Å². The number of ether oxygens (including phenoxy) is 2. The molecule has 0 unspecified atom stereocenters. The SMILES string of the molecule is CN1CCN(Cc2ccc(-c3ccc4c(c3)OCc3nc(CN5CCOCC5)cn3-4)cc2)CC1. The summed E-state index contributed by atoms with van der Waals surface area (Å²) >= 11 is 0. The molecule has 4 heterocycles. The minimum Gasteiger partial charge on any atom is -0.483 e. The molecular formula is C27H33N5O2. The zero-order valence-electron chi connectivity index (χ0n) is 19.9. The van der Waals surface area contributed by atoms with Gasteiger partial charge in [-0.2, -0.15) is 0 Å². The third-order valence-electron chi connectivity index (χ3n) is 7.18. The third-order valence-corrected chi connectivity index (χ3v) is 7.18. The maximum Gasteiger partial charge on any atom is 0.151 e. The van der Waals surface area contributed by atoms with Crippen molar-refractivity contribution in [1.29, 1.82) is 0 Å². The van der Waals surface area contributed by atoms with Gasteiger partial charge >= 0.3 is 0 Å². The molecule has 3 aromatic rings. The van der Waals surface area contributed by atoms with Crippen molar-refractivity contribution in [3.63, 3.8) is 0 Å². The predicted octanol–water partition coefficient (Wildman–Crippen LogP) is 3.01. The van der Waals surface area contributed by atoms with Crippen molar-refractivity contribution >= 4 is 0 Å². The molecule has 178 valence electrons. The summed E-state index contributed by atoms with van der Waals surface area (Å²) in [5.41, 5.74) is 5.93. The van der Waals surface area contributed by atoms with Crippen LogP contribution in [0.3, 0.4) is 0 Å². The molecule has 2 aromatic carbocycles. The van der Waals surface area contributed by atoms with Crippen LogP contribution in [0.4, 0.5) is 0 Å². The number of morpholine rings is 1. The maximum absolute atomic E-state index is 6.12. The predicted molar refractivity (Wildman–Crippen MR) is 132 cm³/mol. The first-order chi connectivity index (χ1) is 16.7. The highest BCUT2D eigenvalue weighted by Gasteiger charge is 2.21. The summed E-state index contributed by atoms with van der Waals surface area (Å²) in [4.78, 5) is 12.2. The van der Waals surface area contributed by atoms with E-state index in [0.29, 0.717) is 6.61 Å². The van der Waals surface area contributed by atoms with Crippen LogP contribution in [0.25, 0.3) is 16.8 Å². The Kier molecular flexibility index (Phi) is 6.09. The number of likely N-dealkylation sites (N-methyl/N-ethyl adjacent to an activating group) is 1. The van der Waals surface area contributed by atoms with E-state index in [2.05, 4.69) is 75.0 Å². The Morgan fingerprint density at radius 3 is 2.35 bits per heavy atom. The highest BCUT2D eigenvalue weighted by molar-refractivity contribution is 5.69. The van der Waals surface area contributed by atoms with Crippen molar-refractivity contribution in [2.45, 2.75) is 19.7 Å². The van der Waals surface area contributed by atoms with E-state index < -0.39 is 0 Å². The summed E-state index contributed by atoms with van der Waals surface area (Å²) in [5.74, 6) is 1.89. The molecule has 0 saturated carbocycles. The van der Waals surface area contributed by atoms with Gasteiger partial charge in [-0.05, 0) is 35.9 Å². The molecule has 34 heavy (non-hydrogen) atoms. The number of imidazole rings is 1. The molecule has 2 fully saturated rings. The highest BCUT2D eigenvalue weighted by atomic mass is 16.5. The smallest absolute Gasteiger partial charge is 0.151 e. The first kappa shape index (κ1) is 21.8. The number of benzene rings is 2. The number of rotatable bonds is 5. The standard InChI is InChI=1S/C27H33N5O2/c1-29-8-10-30(11-9-29)17-21-2-4-22(5-3-21)23-6-7-25-26(16-23)34-20-27-28-24(19-32(25)27)18-31-12-14-33-15-13-31/h2-7,16,19H,8-15,17-18,20H2,1H3. The van der Waals surface area contributed by atoms with E-state index in [1.165, 1.54) is 16.7 Å². The molecule has 3 aliphatic rings. The summed E-state index contributed by atoms with van der Waals surface area (Å²) in [5, 5.41) is 0. The van der Waals surface area contributed by atoms with Gasteiger partial charge in [-0.1, -0.05) is 30.3 Å². The van der Waals surface area contributed by atoms with Crippen LogP contribution >= 0.6 is 0 Å². The fourth-order valence-corrected chi connectivity index (χ4v) is 5.06. The van der Waals surface area contributed by atoms with E-state index in [1.54, 1.807) is 0 Å². The van der Waals surface area contributed by atoms with Gasteiger partial charge in [0, 0.05) is 58.6 Å². The number of piperazine rings is 1. The van der Waals surface area contributed by atoms with Gasteiger partial charge in [-0.3, -0.25) is 14.4 Å². The fourth-order valence-electron chi connectivity index (χ4n) is 5.06. The second kappa shape index (κ2) is 9.50. The largest absolute Gasteiger partial charge is 0.483 e. The summed E-state index contributed by atoms with van der Waals surface area (Å²) in [7, 11) is 2.20. The molecule has 0 atom stereocenters. The molecule has 7 nitrogen and oxygen atoms in total. The average Bonchev–Trinajstić information content (AvgIpc) is 3.29. The van der Waals surface area contributed by atoms with Crippen LogP contribution < -0.4 is 4.74 Å². The fraction of sp³-hybridized carbons (Fsp3) is 0.444. The van der Waals surface area contributed by atoms with E-state index in [1.807, 2.05) is 0 Å². The van der Waals surface area contributed by atoms with Crippen molar-refractivity contribution in [3.8, 4) is 22.6 Å². The lowest BCUT2D eigenvalue weighted by Crippen LogP contribution is -2.43. The molecule has 6 rings (SSSR count). The van der Waals surface area contributed by atoms with Crippen molar-refractivity contribution in [1.82, 2.24) is 24.3 Å². The van der Waals surface area contributed by atoms with Gasteiger partial charge in [0.05, 0.1) is 24.6 Å². The van der Waals surface area contributed by atoms with Gasteiger partial charge in [0.25, 0.3) is 0 Å². The van der Waals surface area contributed by atoms with E-state index >= 15 is 0 Å². The second-order valence-corrected chi connectivity index (χ2v) is 9.65. The van der Waals surface area contributed by atoms with E-state index in [0.717, 1.165) is 88.5 Å². The van der Waals surface area contributed by atoms with Crippen LogP contribution in [0.1, 0.15) is 17.1 Å². The summed E-state index contributed by atoms with van der Waals surface area (Å²) in [6, 6.07) is 15.5. The number of aromatic nitrogens is 2. The Morgan fingerprint density at radius 1 is 0.824 bits per heavy atom. The molecule has 0 amide bonds. The highest BCUT2D eigenvalue weighted by Crippen LogP contribution is 2.34. The normalized spacial score (nSPS) is 19.4. The number of hydrogen-bond acceptors (Lipinski definition) is 6. The van der Waals surface area contributed by atoms with Gasteiger partial charge in [0.2, 0.25) is 0 Å². The molecular weight excluding hydrogens is 426 g/mol. The Hall–Kier alpha value is -2.71. The van der Waals surface area contributed by atoms with Crippen LogP contribution in [-0.2, 0) is 24.4 Å². The molecule has 1 aromatic heterocycles. The summed E-state index contributed by atoms with van der Waals surface area (Å²) < 4.78 is 13.8. The molecule has 0 spiro atoms. The molecule has 0 N–H and O–H groups in total. The third kappa shape index (κ3) is 4.61. The van der Waals surface area contributed by atoms with Gasteiger partial charge in [0.15, 0.2) is 5.82 Å². The van der Waals surface area contributed by atoms with Crippen molar-refractivity contribution < 1.29 is 9.47 Å². The van der Waals surface area contributed by atoms with Gasteiger partial charge < -0.3 is 14.4 Å². The Morgan fingerprint density at radius 2 is 1.56 bits per heavy atom. The van der Waals surface area contributed by atoms with E-state index in [-0.39, 0.29) is 0 Å². The van der Waals surface area contributed by atoms with Gasteiger partial charge in [-0.15, -0.1) is 0 Å². The minimum absolute atomic E-state index is 0.503. The molecule has 0 bridgehead atoms. The zero-order chi connectivity index (χ0) is 22.9. The first-order valence-electron chi connectivity index (χ1n) is 12.4. The molecule has 2 saturated heterocycles.